The third kappa shape index (κ3) is 5.26. The summed E-state index contributed by atoms with van der Waals surface area (Å²) in [7, 11) is 1.70. The number of ketones is 1. The number of hydrogen-bond donors (Lipinski definition) is 1. The average molecular weight is 428 g/mol. The largest absolute Gasteiger partial charge is 0.363 e. The second-order valence-corrected chi connectivity index (χ2v) is 7.79. The Morgan fingerprint density at radius 3 is 2.55 bits per heavy atom. The van der Waals surface area contributed by atoms with E-state index in [0.29, 0.717) is 38.4 Å². The van der Waals surface area contributed by atoms with E-state index in [2.05, 4.69) is 10.3 Å². The second-order valence-electron chi connectivity index (χ2n) is 7.79. The Labute approximate surface area is 181 Å². The van der Waals surface area contributed by atoms with Gasteiger partial charge >= 0.3 is 0 Å². The molecule has 2 heterocycles. The van der Waals surface area contributed by atoms with Crippen molar-refractivity contribution < 1.29 is 14.5 Å². The molecule has 0 spiro atoms. The summed E-state index contributed by atoms with van der Waals surface area (Å²) < 4.78 is 1.58. The van der Waals surface area contributed by atoms with Crippen LogP contribution in [0.25, 0.3) is 0 Å². The number of hydrogen-bond acceptors (Lipinski definition) is 7. The molecule has 10 heteroatoms. The molecule has 0 aliphatic carbocycles. The van der Waals surface area contributed by atoms with Gasteiger partial charge in [0.15, 0.2) is 5.82 Å². The lowest BCUT2D eigenvalue weighted by Crippen LogP contribution is -2.50. The van der Waals surface area contributed by atoms with E-state index >= 15 is 0 Å². The number of nitrogens with one attached hydrogen (secondary N) is 1. The van der Waals surface area contributed by atoms with E-state index in [0.717, 1.165) is 6.42 Å². The van der Waals surface area contributed by atoms with Gasteiger partial charge in [-0.2, -0.15) is 0 Å². The van der Waals surface area contributed by atoms with Gasteiger partial charge in [-0.25, -0.2) is 4.98 Å². The van der Waals surface area contributed by atoms with Gasteiger partial charge in [0.05, 0.1) is 11.5 Å². The zero-order valence-corrected chi connectivity index (χ0v) is 18.1. The molecule has 1 atom stereocenters. The van der Waals surface area contributed by atoms with E-state index in [-0.39, 0.29) is 34.8 Å². The maximum absolute atomic E-state index is 12.7. The fourth-order valence-electron chi connectivity index (χ4n) is 3.56. The molecule has 1 amide bonds. The zero-order valence-electron chi connectivity index (χ0n) is 18.1. The SMILES string of the molecule is CC[C@H](C)NC(=O)CN1CCN(c2ccc(C(=O)c3nccn3C)cc2[N+](=O)[O-])CC1. The third-order valence-corrected chi connectivity index (χ3v) is 5.56. The van der Waals surface area contributed by atoms with Crippen molar-refractivity contribution in [2.45, 2.75) is 26.3 Å². The molecule has 10 nitrogen and oxygen atoms in total. The number of carbonyl (C=O) groups is 2. The molecule has 1 fully saturated rings. The summed E-state index contributed by atoms with van der Waals surface area (Å²) in [6.45, 7) is 6.67. The fourth-order valence-corrected chi connectivity index (χ4v) is 3.56. The van der Waals surface area contributed by atoms with Crippen molar-refractivity contribution in [1.82, 2.24) is 19.8 Å². The van der Waals surface area contributed by atoms with Crippen LogP contribution in [0.5, 0.6) is 0 Å². The number of aromatic nitrogens is 2. The molecule has 31 heavy (non-hydrogen) atoms. The maximum atomic E-state index is 12.7. The molecule has 0 saturated carbocycles. The Morgan fingerprint density at radius 2 is 1.97 bits per heavy atom. The number of nitro groups is 1. The smallest absolute Gasteiger partial charge is 0.293 e. The standard InChI is InChI=1S/C21H28N6O4/c1-4-15(2)23-19(28)14-25-9-11-26(12-10-25)17-6-5-16(13-18(17)27(30)31)20(29)21-22-7-8-24(21)3/h5-8,13,15H,4,9-12,14H2,1-3H3,(H,23,28)/t15-/m0/s1. The van der Waals surface area contributed by atoms with Crippen molar-refractivity contribution in [2.24, 2.45) is 7.05 Å². The predicted octanol–water partition coefficient (Wildman–Crippen LogP) is 1.60. The molecule has 1 aromatic carbocycles. The highest BCUT2D eigenvalue weighted by Crippen LogP contribution is 2.30. The van der Waals surface area contributed by atoms with Crippen LogP contribution >= 0.6 is 0 Å². The van der Waals surface area contributed by atoms with Crippen LogP contribution in [-0.4, -0.2) is 69.8 Å². The summed E-state index contributed by atoms with van der Waals surface area (Å²) >= 11 is 0. The second kappa shape index (κ2) is 9.69. The molecule has 1 saturated heterocycles. The first-order valence-electron chi connectivity index (χ1n) is 10.4. The molecule has 3 rings (SSSR count). The van der Waals surface area contributed by atoms with Gasteiger partial charge in [-0.05, 0) is 25.5 Å². The third-order valence-electron chi connectivity index (χ3n) is 5.56. The number of carbonyl (C=O) groups excluding carboxylic acids is 2. The number of anilines is 1. The van der Waals surface area contributed by atoms with Gasteiger partial charge in [0.2, 0.25) is 11.7 Å². The topological polar surface area (TPSA) is 114 Å². The summed E-state index contributed by atoms with van der Waals surface area (Å²) in [4.78, 5) is 44.0. The Hall–Kier alpha value is -3.27. The van der Waals surface area contributed by atoms with Gasteiger partial charge < -0.3 is 14.8 Å². The maximum Gasteiger partial charge on any atom is 0.293 e. The summed E-state index contributed by atoms with van der Waals surface area (Å²) in [5.41, 5.74) is 0.596. The molecule has 2 aromatic rings. The Kier molecular flexibility index (Phi) is 7.01. The summed E-state index contributed by atoms with van der Waals surface area (Å²) in [6, 6.07) is 4.69. The number of piperazine rings is 1. The molecule has 1 aromatic heterocycles. The Morgan fingerprint density at radius 1 is 1.26 bits per heavy atom. The minimum Gasteiger partial charge on any atom is -0.363 e. The zero-order chi connectivity index (χ0) is 22.5. The van der Waals surface area contributed by atoms with E-state index in [1.54, 1.807) is 29.9 Å². The predicted molar refractivity (Wildman–Crippen MR) is 116 cm³/mol. The Balaban J connectivity index is 1.69. The molecule has 0 unspecified atom stereocenters. The van der Waals surface area contributed by atoms with Gasteiger partial charge in [-0.1, -0.05) is 6.92 Å². The number of amides is 1. The molecular formula is C21H28N6O4. The first-order chi connectivity index (χ1) is 14.8. The fraction of sp³-hybridized carbons (Fsp3) is 0.476. The van der Waals surface area contributed by atoms with Crippen LogP contribution in [0.15, 0.2) is 30.6 Å². The van der Waals surface area contributed by atoms with E-state index in [4.69, 9.17) is 0 Å². The number of benzene rings is 1. The summed E-state index contributed by atoms with van der Waals surface area (Å²) in [5, 5.41) is 14.7. The van der Waals surface area contributed by atoms with Gasteiger partial charge in [-0.3, -0.25) is 24.6 Å². The van der Waals surface area contributed by atoms with Gasteiger partial charge in [0.25, 0.3) is 5.69 Å². The minimum atomic E-state index is -0.462. The number of rotatable bonds is 8. The molecule has 166 valence electrons. The number of nitro benzene ring substituents is 1. The lowest BCUT2D eigenvalue weighted by molar-refractivity contribution is -0.384. The lowest BCUT2D eigenvalue weighted by atomic mass is 10.1. The van der Waals surface area contributed by atoms with Crippen molar-refractivity contribution in [3.8, 4) is 0 Å². The number of imidazole rings is 1. The average Bonchev–Trinajstić information content (AvgIpc) is 3.19. The number of aryl methyl sites for hydroxylation is 1. The lowest BCUT2D eigenvalue weighted by Gasteiger charge is -2.35. The summed E-state index contributed by atoms with van der Waals surface area (Å²) in [6.07, 6.45) is 4.04. The molecule has 1 aliphatic heterocycles. The van der Waals surface area contributed by atoms with Crippen LogP contribution < -0.4 is 10.2 Å². The molecule has 1 N–H and O–H groups in total. The van der Waals surface area contributed by atoms with E-state index < -0.39 is 4.92 Å². The monoisotopic (exact) mass is 428 g/mol. The van der Waals surface area contributed by atoms with Crippen LogP contribution in [-0.2, 0) is 11.8 Å². The van der Waals surface area contributed by atoms with E-state index in [1.165, 1.54) is 12.3 Å². The van der Waals surface area contributed by atoms with Crippen molar-refractivity contribution in [1.29, 1.82) is 0 Å². The normalized spacial score (nSPS) is 15.5. The van der Waals surface area contributed by atoms with Crippen molar-refractivity contribution in [3.05, 3.63) is 52.1 Å². The first-order valence-corrected chi connectivity index (χ1v) is 10.4. The van der Waals surface area contributed by atoms with Crippen molar-refractivity contribution in [3.63, 3.8) is 0 Å². The van der Waals surface area contributed by atoms with E-state index in [1.807, 2.05) is 23.6 Å². The highest BCUT2D eigenvalue weighted by Gasteiger charge is 2.26. The summed E-state index contributed by atoms with van der Waals surface area (Å²) in [5.74, 6) is -0.142. The van der Waals surface area contributed by atoms with Crippen molar-refractivity contribution >= 4 is 23.1 Å². The van der Waals surface area contributed by atoms with Crippen LogP contribution in [0.4, 0.5) is 11.4 Å². The van der Waals surface area contributed by atoms with Crippen LogP contribution in [0.2, 0.25) is 0 Å². The number of nitrogens with zero attached hydrogens (tertiary/aromatic N) is 5. The van der Waals surface area contributed by atoms with Crippen LogP contribution in [0.3, 0.4) is 0 Å². The van der Waals surface area contributed by atoms with Crippen molar-refractivity contribution in [2.75, 3.05) is 37.6 Å². The molecular weight excluding hydrogens is 400 g/mol. The molecule has 1 aliphatic rings. The molecule has 0 bridgehead atoms. The highest BCUT2D eigenvalue weighted by molar-refractivity contribution is 6.07. The van der Waals surface area contributed by atoms with Gasteiger partial charge in [0, 0.05) is 63.3 Å². The molecule has 0 radical (unpaired) electrons. The Bertz CT molecular complexity index is 965. The van der Waals surface area contributed by atoms with Gasteiger partial charge in [-0.15, -0.1) is 0 Å². The van der Waals surface area contributed by atoms with E-state index in [9.17, 15) is 19.7 Å². The quantitative estimate of drug-likeness (QED) is 0.386. The van der Waals surface area contributed by atoms with Crippen LogP contribution in [0, 0.1) is 10.1 Å². The minimum absolute atomic E-state index is 0.00840. The van der Waals surface area contributed by atoms with Crippen LogP contribution in [0.1, 0.15) is 36.5 Å². The first kappa shape index (κ1) is 22.4. The van der Waals surface area contributed by atoms with Gasteiger partial charge in [0.1, 0.15) is 5.69 Å². The highest BCUT2D eigenvalue weighted by atomic mass is 16.6.